The third-order valence-corrected chi connectivity index (χ3v) is 2.81. The van der Waals surface area contributed by atoms with Crippen molar-refractivity contribution >= 4 is 15.9 Å². The second kappa shape index (κ2) is 2.87. The molecule has 0 fully saturated rings. The highest BCUT2D eigenvalue weighted by atomic mass is 79.9. The first-order chi connectivity index (χ1) is 5.34. The number of rotatable bonds is 0. The predicted octanol–water partition coefficient (Wildman–Crippen LogP) is 2.79. The highest BCUT2D eigenvalue weighted by Crippen LogP contribution is 2.31. The predicted molar refractivity (Wildman–Crippen MR) is 54.3 cm³/mol. The first-order valence-corrected chi connectivity index (χ1v) is 4.83. The van der Waals surface area contributed by atoms with Gasteiger partial charge >= 0.3 is 0 Å². The minimum Gasteiger partial charge on any atom is -0.261 e. The molecule has 0 spiro atoms. The molecule has 68 valence electrons. The van der Waals surface area contributed by atoms with Gasteiger partial charge in [0, 0.05) is 12.6 Å². The molecule has 1 aromatic rings. The van der Waals surface area contributed by atoms with Gasteiger partial charge in [0.05, 0.1) is 5.69 Å². The molecule has 0 saturated heterocycles. The van der Waals surface area contributed by atoms with Gasteiger partial charge in [-0.2, -0.15) is 5.10 Å². The Balaban J connectivity index is 3.32. The normalized spacial score (nSPS) is 12.2. The third-order valence-electron chi connectivity index (χ3n) is 1.90. The van der Waals surface area contributed by atoms with Crippen molar-refractivity contribution in [3.63, 3.8) is 0 Å². The van der Waals surface area contributed by atoms with Crippen molar-refractivity contribution in [2.24, 2.45) is 7.05 Å². The summed E-state index contributed by atoms with van der Waals surface area (Å²) in [6, 6.07) is 0. The molecule has 0 aliphatic heterocycles. The molecular formula is C9H15BrN2. The summed E-state index contributed by atoms with van der Waals surface area (Å²) >= 11 is 3.54. The van der Waals surface area contributed by atoms with Gasteiger partial charge in [0.1, 0.15) is 4.60 Å². The Morgan fingerprint density at radius 2 is 1.83 bits per heavy atom. The second-order valence-electron chi connectivity index (χ2n) is 4.12. The molecule has 0 aliphatic rings. The Hall–Kier alpha value is -0.310. The average Bonchev–Trinajstić information content (AvgIpc) is 2.05. The van der Waals surface area contributed by atoms with Crippen LogP contribution in [0.25, 0.3) is 0 Å². The van der Waals surface area contributed by atoms with Gasteiger partial charge in [0.15, 0.2) is 0 Å². The third kappa shape index (κ3) is 1.56. The number of aromatic nitrogens is 2. The largest absolute Gasteiger partial charge is 0.261 e. The van der Waals surface area contributed by atoms with Crippen LogP contribution < -0.4 is 0 Å². The Bertz CT molecular complexity index is 294. The first-order valence-electron chi connectivity index (χ1n) is 4.03. The molecule has 1 rings (SSSR count). The van der Waals surface area contributed by atoms with E-state index in [9.17, 15) is 0 Å². The lowest BCUT2D eigenvalue weighted by Crippen LogP contribution is -2.12. The molecule has 0 aliphatic carbocycles. The average molecular weight is 231 g/mol. The lowest BCUT2D eigenvalue weighted by molar-refractivity contribution is 0.581. The van der Waals surface area contributed by atoms with Gasteiger partial charge in [-0.3, -0.25) is 4.68 Å². The zero-order valence-electron chi connectivity index (χ0n) is 8.27. The van der Waals surface area contributed by atoms with Crippen molar-refractivity contribution in [1.29, 1.82) is 0 Å². The van der Waals surface area contributed by atoms with E-state index in [-0.39, 0.29) is 5.41 Å². The molecule has 0 unspecified atom stereocenters. The monoisotopic (exact) mass is 230 g/mol. The van der Waals surface area contributed by atoms with Gasteiger partial charge in [-0.1, -0.05) is 20.8 Å². The van der Waals surface area contributed by atoms with Crippen LogP contribution in [0.2, 0.25) is 0 Å². The quantitative estimate of drug-likeness (QED) is 0.671. The molecule has 0 bridgehead atoms. The number of halogens is 1. The molecule has 12 heavy (non-hydrogen) atoms. The highest BCUT2D eigenvalue weighted by molar-refractivity contribution is 9.10. The van der Waals surface area contributed by atoms with Crippen LogP contribution >= 0.6 is 15.9 Å². The van der Waals surface area contributed by atoms with Gasteiger partial charge < -0.3 is 0 Å². The summed E-state index contributed by atoms with van der Waals surface area (Å²) in [6.07, 6.45) is 0. The van der Waals surface area contributed by atoms with Gasteiger partial charge in [-0.15, -0.1) is 0 Å². The fraction of sp³-hybridized carbons (Fsp3) is 0.667. The Morgan fingerprint density at radius 3 is 2.00 bits per heavy atom. The van der Waals surface area contributed by atoms with Crippen molar-refractivity contribution in [3.05, 3.63) is 15.9 Å². The van der Waals surface area contributed by atoms with Crippen LogP contribution in [0.15, 0.2) is 4.60 Å². The van der Waals surface area contributed by atoms with Crippen LogP contribution in [0.1, 0.15) is 32.0 Å². The van der Waals surface area contributed by atoms with Crippen LogP contribution in [-0.2, 0) is 12.5 Å². The standard InChI is InChI=1S/C9H15BrN2/c1-6-7(9(2,3)4)8(10)12(5)11-6/h1-5H3. The van der Waals surface area contributed by atoms with Crippen molar-refractivity contribution in [2.45, 2.75) is 33.1 Å². The van der Waals surface area contributed by atoms with Crippen LogP contribution in [0.5, 0.6) is 0 Å². The number of hydrogen-bond acceptors (Lipinski definition) is 1. The molecule has 3 heteroatoms. The second-order valence-corrected chi connectivity index (χ2v) is 4.88. The van der Waals surface area contributed by atoms with Crippen LogP contribution in [-0.4, -0.2) is 9.78 Å². The van der Waals surface area contributed by atoms with Gasteiger partial charge in [0.2, 0.25) is 0 Å². The van der Waals surface area contributed by atoms with Gasteiger partial charge in [-0.25, -0.2) is 0 Å². The minimum absolute atomic E-state index is 0.164. The SMILES string of the molecule is Cc1nn(C)c(Br)c1C(C)(C)C. The van der Waals surface area contributed by atoms with E-state index in [1.54, 1.807) is 0 Å². The maximum Gasteiger partial charge on any atom is 0.107 e. The smallest absolute Gasteiger partial charge is 0.107 e. The van der Waals surface area contributed by atoms with Crippen molar-refractivity contribution in [3.8, 4) is 0 Å². The van der Waals surface area contributed by atoms with Gasteiger partial charge in [0.25, 0.3) is 0 Å². The van der Waals surface area contributed by atoms with E-state index in [4.69, 9.17) is 0 Å². The summed E-state index contributed by atoms with van der Waals surface area (Å²) in [5, 5.41) is 4.35. The highest BCUT2D eigenvalue weighted by Gasteiger charge is 2.23. The van der Waals surface area contributed by atoms with Crippen molar-refractivity contribution in [2.75, 3.05) is 0 Å². The lowest BCUT2D eigenvalue weighted by Gasteiger charge is -2.18. The van der Waals surface area contributed by atoms with E-state index in [1.165, 1.54) is 5.56 Å². The molecule has 0 N–H and O–H groups in total. The number of hydrogen-bond donors (Lipinski definition) is 0. The van der Waals surface area contributed by atoms with E-state index in [0.717, 1.165) is 10.3 Å². The molecule has 0 amide bonds. The van der Waals surface area contributed by atoms with E-state index in [0.29, 0.717) is 0 Å². The van der Waals surface area contributed by atoms with Crippen LogP contribution in [0.4, 0.5) is 0 Å². The number of nitrogens with zero attached hydrogens (tertiary/aromatic N) is 2. The van der Waals surface area contributed by atoms with E-state index in [2.05, 4.69) is 41.8 Å². The summed E-state index contributed by atoms with van der Waals surface area (Å²) in [5.74, 6) is 0. The minimum atomic E-state index is 0.164. The van der Waals surface area contributed by atoms with Crippen LogP contribution in [0.3, 0.4) is 0 Å². The van der Waals surface area contributed by atoms with Crippen LogP contribution in [0, 0.1) is 6.92 Å². The number of aryl methyl sites for hydroxylation is 2. The van der Waals surface area contributed by atoms with E-state index < -0.39 is 0 Å². The molecule has 0 aromatic carbocycles. The molecule has 1 heterocycles. The maximum absolute atomic E-state index is 4.35. The lowest BCUT2D eigenvalue weighted by atomic mass is 9.88. The molecular weight excluding hydrogens is 216 g/mol. The summed E-state index contributed by atoms with van der Waals surface area (Å²) in [4.78, 5) is 0. The molecule has 2 nitrogen and oxygen atoms in total. The topological polar surface area (TPSA) is 17.8 Å². The van der Waals surface area contributed by atoms with Gasteiger partial charge in [-0.05, 0) is 28.3 Å². The molecule has 0 atom stereocenters. The summed E-state index contributed by atoms with van der Waals surface area (Å²) in [7, 11) is 1.95. The van der Waals surface area contributed by atoms with E-state index in [1.807, 2.05) is 18.7 Å². The Morgan fingerprint density at radius 1 is 1.33 bits per heavy atom. The zero-order chi connectivity index (χ0) is 9.52. The first kappa shape index (κ1) is 9.78. The van der Waals surface area contributed by atoms with Crippen molar-refractivity contribution in [1.82, 2.24) is 9.78 Å². The fourth-order valence-corrected chi connectivity index (χ4v) is 2.44. The molecule has 0 radical (unpaired) electrons. The summed E-state index contributed by atoms with van der Waals surface area (Å²) in [6.45, 7) is 8.64. The summed E-state index contributed by atoms with van der Waals surface area (Å²) < 4.78 is 2.96. The molecule has 0 saturated carbocycles. The Labute approximate surface area is 82.1 Å². The zero-order valence-corrected chi connectivity index (χ0v) is 9.86. The van der Waals surface area contributed by atoms with E-state index >= 15 is 0 Å². The maximum atomic E-state index is 4.35. The van der Waals surface area contributed by atoms with Crippen molar-refractivity contribution < 1.29 is 0 Å². The molecule has 1 aromatic heterocycles. The fourth-order valence-electron chi connectivity index (χ4n) is 1.48. The summed E-state index contributed by atoms with van der Waals surface area (Å²) in [5.41, 5.74) is 2.57. The Kier molecular flexibility index (Phi) is 2.34.